The number of hydrogen-bond acceptors (Lipinski definition) is 4. The smallest absolute Gasteiger partial charge is 0.291 e. The van der Waals surface area contributed by atoms with Crippen molar-refractivity contribution in [1.29, 1.82) is 0 Å². The number of anilines is 1. The van der Waals surface area contributed by atoms with E-state index in [1.165, 1.54) is 9.80 Å². The van der Waals surface area contributed by atoms with Crippen molar-refractivity contribution in [3.8, 4) is 0 Å². The number of amides is 2. The third-order valence-electron chi connectivity index (χ3n) is 5.59. The van der Waals surface area contributed by atoms with Crippen molar-refractivity contribution in [3.63, 3.8) is 0 Å². The largest absolute Gasteiger partial charge is 0.450 e. The number of para-hydroxylation sites is 2. The van der Waals surface area contributed by atoms with E-state index in [0.29, 0.717) is 22.2 Å². The van der Waals surface area contributed by atoms with Crippen molar-refractivity contribution in [3.05, 3.63) is 75.6 Å². The lowest BCUT2D eigenvalue weighted by molar-refractivity contribution is -0.125. The van der Waals surface area contributed by atoms with Crippen LogP contribution in [0.15, 0.2) is 57.7 Å². The van der Waals surface area contributed by atoms with E-state index >= 15 is 0 Å². The summed E-state index contributed by atoms with van der Waals surface area (Å²) < 4.78 is 5.85. The fourth-order valence-corrected chi connectivity index (χ4v) is 4.45. The minimum atomic E-state index is -1.48. The Balaban J connectivity index is 1.99. The van der Waals surface area contributed by atoms with E-state index in [2.05, 4.69) is 0 Å². The van der Waals surface area contributed by atoms with Gasteiger partial charge in [0, 0.05) is 24.8 Å². The minimum Gasteiger partial charge on any atom is -0.450 e. The van der Waals surface area contributed by atoms with Gasteiger partial charge in [-0.3, -0.25) is 14.4 Å². The number of benzene rings is 2. The Morgan fingerprint density at radius 2 is 1.70 bits per heavy atom. The fourth-order valence-electron chi connectivity index (χ4n) is 4.45. The molecule has 1 spiro atoms. The average molecular weight is 360 g/mol. The number of carbonyl (C=O) groups is 2. The number of nitrogens with zero attached hydrogens (tertiary/aromatic N) is 2. The fraction of sp³-hybridized carbons (Fsp3) is 0.190. The minimum absolute atomic E-state index is 0.0426. The van der Waals surface area contributed by atoms with Crippen LogP contribution in [0.25, 0.3) is 11.0 Å². The molecule has 6 heteroatoms. The zero-order valence-electron chi connectivity index (χ0n) is 14.9. The van der Waals surface area contributed by atoms with Crippen LogP contribution < -0.4 is 10.3 Å². The van der Waals surface area contributed by atoms with E-state index in [4.69, 9.17) is 4.42 Å². The van der Waals surface area contributed by atoms with E-state index in [9.17, 15) is 14.4 Å². The lowest BCUT2D eigenvalue weighted by Gasteiger charge is -2.33. The molecule has 2 amide bonds. The maximum atomic E-state index is 13.5. The van der Waals surface area contributed by atoms with Crippen molar-refractivity contribution in [2.24, 2.45) is 0 Å². The quantitative estimate of drug-likeness (QED) is 0.668. The van der Waals surface area contributed by atoms with E-state index in [1.807, 2.05) is 18.2 Å². The molecule has 0 N–H and O–H groups in total. The van der Waals surface area contributed by atoms with Crippen LogP contribution >= 0.6 is 0 Å². The summed E-state index contributed by atoms with van der Waals surface area (Å²) in [5.41, 5.74) is -0.0284. The Hall–Kier alpha value is -3.41. The summed E-state index contributed by atoms with van der Waals surface area (Å²) in [5.74, 6) is -0.798. The molecule has 2 aromatic carbocycles. The topological polar surface area (TPSA) is 70.8 Å². The standard InChI is InChI=1S/C21H16N2O4/c1-3-23-19(25)18-16(17(24)12-8-4-7-11-15(12)27-18)21(23)13-9-5-6-10-14(13)22(2)20(21)26/h4-11H,3H2,1-2H3/t21-/m0/s1. The third kappa shape index (κ3) is 1.63. The highest BCUT2D eigenvalue weighted by Gasteiger charge is 2.63. The number of likely N-dealkylation sites (N-methyl/N-ethyl adjacent to an activating group) is 2. The lowest BCUT2D eigenvalue weighted by atomic mass is 9.84. The molecule has 1 aromatic heterocycles. The molecule has 5 rings (SSSR count). The molecular weight excluding hydrogens is 344 g/mol. The highest BCUT2D eigenvalue weighted by atomic mass is 16.3. The molecule has 1 atom stereocenters. The van der Waals surface area contributed by atoms with E-state index < -0.39 is 11.4 Å². The molecule has 27 heavy (non-hydrogen) atoms. The van der Waals surface area contributed by atoms with Crippen LogP contribution in [0.1, 0.15) is 28.6 Å². The van der Waals surface area contributed by atoms with Crippen molar-refractivity contribution in [2.75, 3.05) is 18.5 Å². The maximum Gasteiger partial charge on any atom is 0.291 e. The number of hydrogen-bond donors (Lipinski definition) is 0. The summed E-state index contributed by atoms with van der Waals surface area (Å²) in [6, 6.07) is 14.1. The first-order valence-corrected chi connectivity index (χ1v) is 8.79. The second-order valence-corrected chi connectivity index (χ2v) is 6.77. The lowest BCUT2D eigenvalue weighted by Crippen LogP contribution is -2.52. The third-order valence-corrected chi connectivity index (χ3v) is 5.59. The highest BCUT2D eigenvalue weighted by molar-refractivity contribution is 6.16. The molecule has 0 saturated heterocycles. The number of carbonyl (C=O) groups excluding carboxylic acids is 2. The predicted octanol–water partition coefficient (Wildman–Crippen LogP) is 2.49. The Bertz CT molecular complexity index is 1210. The molecule has 6 nitrogen and oxygen atoms in total. The molecule has 3 heterocycles. The van der Waals surface area contributed by atoms with Gasteiger partial charge in [0.1, 0.15) is 5.58 Å². The second-order valence-electron chi connectivity index (χ2n) is 6.77. The molecule has 0 radical (unpaired) electrons. The number of fused-ring (bicyclic) bond motifs is 5. The van der Waals surface area contributed by atoms with E-state index in [1.54, 1.807) is 44.3 Å². The highest BCUT2D eigenvalue weighted by Crippen LogP contribution is 2.51. The van der Waals surface area contributed by atoms with Gasteiger partial charge in [0.2, 0.25) is 5.76 Å². The normalized spacial score (nSPS) is 20.7. The summed E-state index contributed by atoms with van der Waals surface area (Å²) in [5, 5.41) is 0.362. The molecule has 2 aliphatic rings. The first-order chi connectivity index (χ1) is 13.0. The van der Waals surface area contributed by atoms with Gasteiger partial charge in [0.25, 0.3) is 11.8 Å². The summed E-state index contributed by atoms with van der Waals surface area (Å²) >= 11 is 0. The van der Waals surface area contributed by atoms with Gasteiger partial charge >= 0.3 is 0 Å². The molecule has 0 fully saturated rings. The molecule has 2 aliphatic heterocycles. The average Bonchev–Trinajstić information content (AvgIpc) is 3.07. The molecular formula is C21H16N2O4. The van der Waals surface area contributed by atoms with Crippen LogP contribution in [0.2, 0.25) is 0 Å². The Morgan fingerprint density at radius 3 is 2.48 bits per heavy atom. The van der Waals surface area contributed by atoms with Crippen LogP contribution in [0.3, 0.4) is 0 Å². The van der Waals surface area contributed by atoms with Crippen LogP contribution in [0, 0.1) is 0 Å². The van der Waals surface area contributed by atoms with Gasteiger partial charge in [-0.25, -0.2) is 0 Å². The molecule has 3 aromatic rings. The van der Waals surface area contributed by atoms with Crippen LogP contribution in [0.4, 0.5) is 5.69 Å². The van der Waals surface area contributed by atoms with Crippen molar-refractivity contribution in [2.45, 2.75) is 12.5 Å². The van der Waals surface area contributed by atoms with Gasteiger partial charge < -0.3 is 14.2 Å². The van der Waals surface area contributed by atoms with E-state index in [0.717, 1.165) is 0 Å². The van der Waals surface area contributed by atoms with Gasteiger partial charge in [-0.05, 0) is 25.1 Å². The summed E-state index contributed by atoms with van der Waals surface area (Å²) in [6.45, 7) is 2.07. The van der Waals surface area contributed by atoms with Crippen LogP contribution in [-0.4, -0.2) is 30.3 Å². The second kappa shape index (κ2) is 5.07. The Morgan fingerprint density at radius 1 is 1.00 bits per heavy atom. The first kappa shape index (κ1) is 15.8. The summed E-state index contributed by atoms with van der Waals surface area (Å²) in [4.78, 5) is 43.1. The van der Waals surface area contributed by atoms with Gasteiger partial charge in [0.15, 0.2) is 11.0 Å². The molecule has 0 saturated carbocycles. The van der Waals surface area contributed by atoms with Gasteiger partial charge in [0.05, 0.1) is 10.9 Å². The SMILES string of the molecule is CCN1C(=O)c2oc3ccccc3c(=O)c2[C@@]12C(=O)N(C)c1ccccc12. The molecule has 0 bridgehead atoms. The van der Waals surface area contributed by atoms with Gasteiger partial charge in [-0.2, -0.15) is 0 Å². The monoisotopic (exact) mass is 360 g/mol. The predicted molar refractivity (Wildman–Crippen MR) is 99.8 cm³/mol. The molecule has 0 unspecified atom stereocenters. The Labute approximate surface area is 154 Å². The zero-order chi connectivity index (χ0) is 18.9. The number of rotatable bonds is 1. The van der Waals surface area contributed by atoms with Crippen LogP contribution in [-0.2, 0) is 10.3 Å². The van der Waals surface area contributed by atoms with Crippen molar-refractivity contribution >= 4 is 28.5 Å². The maximum absolute atomic E-state index is 13.5. The first-order valence-electron chi connectivity index (χ1n) is 8.79. The van der Waals surface area contributed by atoms with Gasteiger partial charge in [-0.1, -0.05) is 30.3 Å². The zero-order valence-corrected chi connectivity index (χ0v) is 14.9. The van der Waals surface area contributed by atoms with Gasteiger partial charge in [-0.15, -0.1) is 0 Å². The van der Waals surface area contributed by atoms with Crippen molar-refractivity contribution in [1.82, 2.24) is 4.90 Å². The van der Waals surface area contributed by atoms with Crippen molar-refractivity contribution < 1.29 is 14.0 Å². The molecule has 0 aliphatic carbocycles. The molecule has 134 valence electrons. The van der Waals surface area contributed by atoms with E-state index in [-0.39, 0.29) is 29.2 Å². The Kier molecular flexibility index (Phi) is 2.97. The summed E-state index contributed by atoms with van der Waals surface area (Å²) in [6.07, 6.45) is 0. The summed E-state index contributed by atoms with van der Waals surface area (Å²) in [7, 11) is 1.66. The van der Waals surface area contributed by atoms with Crippen LogP contribution in [0.5, 0.6) is 0 Å².